The molecule has 1 amide bonds. The van der Waals surface area contributed by atoms with Gasteiger partial charge in [-0.1, -0.05) is 12.1 Å². The molecule has 38 heavy (non-hydrogen) atoms. The van der Waals surface area contributed by atoms with Gasteiger partial charge in [-0.2, -0.15) is 13.2 Å². The summed E-state index contributed by atoms with van der Waals surface area (Å²) >= 11 is 0. The van der Waals surface area contributed by atoms with E-state index in [0.29, 0.717) is 11.8 Å². The molecule has 13 heteroatoms. The van der Waals surface area contributed by atoms with Crippen molar-refractivity contribution in [2.75, 3.05) is 13.7 Å². The number of halogens is 6. The third-order valence-electron chi connectivity index (χ3n) is 6.44. The Hall–Kier alpha value is -3.61. The normalized spacial score (nSPS) is 15.2. The Morgan fingerprint density at radius 1 is 1.05 bits per heavy atom. The summed E-state index contributed by atoms with van der Waals surface area (Å²) in [5.74, 6) is -4.40. The molecule has 1 aromatic heterocycles. The number of fused-ring (bicyclic) bond motifs is 1. The summed E-state index contributed by atoms with van der Waals surface area (Å²) in [6.07, 6.45) is -4.99. The topological polar surface area (TPSA) is 72.3 Å². The van der Waals surface area contributed by atoms with Gasteiger partial charge >= 0.3 is 6.18 Å². The van der Waals surface area contributed by atoms with Gasteiger partial charge in [0.15, 0.2) is 17.5 Å². The van der Waals surface area contributed by atoms with Crippen LogP contribution in [0.5, 0.6) is 5.75 Å². The predicted octanol–water partition coefficient (Wildman–Crippen LogP) is 4.42. The van der Waals surface area contributed by atoms with E-state index in [4.69, 9.17) is 4.74 Å². The summed E-state index contributed by atoms with van der Waals surface area (Å²) in [6.45, 7) is 1.50. The van der Waals surface area contributed by atoms with E-state index < -0.39 is 41.4 Å². The fraction of sp³-hybridized carbons (Fsp3) is 0.400. The number of hydrogen-bond donors (Lipinski definition) is 1. The van der Waals surface area contributed by atoms with Gasteiger partial charge in [0.2, 0.25) is 11.7 Å². The minimum atomic E-state index is -4.67. The zero-order valence-corrected chi connectivity index (χ0v) is 20.5. The molecule has 3 aromatic rings. The summed E-state index contributed by atoms with van der Waals surface area (Å²) in [5.41, 5.74) is 0.712. The first-order valence-electron chi connectivity index (χ1n) is 11.8. The highest BCUT2D eigenvalue weighted by Gasteiger charge is 2.40. The van der Waals surface area contributed by atoms with Crippen LogP contribution < -0.4 is 10.1 Å². The van der Waals surface area contributed by atoms with E-state index in [2.05, 4.69) is 15.5 Å². The maximum atomic E-state index is 14.4. The Morgan fingerprint density at radius 2 is 1.74 bits per heavy atom. The Bertz CT molecular complexity index is 1290. The zero-order valence-electron chi connectivity index (χ0n) is 20.5. The Morgan fingerprint density at radius 3 is 2.39 bits per heavy atom. The number of nitrogens with zero attached hydrogens (tertiary/aromatic N) is 4. The van der Waals surface area contributed by atoms with E-state index in [-0.39, 0.29) is 49.9 Å². The summed E-state index contributed by atoms with van der Waals surface area (Å²) in [5, 5.41) is 10.0. The van der Waals surface area contributed by atoms with Crippen LogP contribution in [0.15, 0.2) is 36.4 Å². The van der Waals surface area contributed by atoms with Crippen molar-refractivity contribution in [3.63, 3.8) is 0 Å². The molecule has 0 saturated heterocycles. The van der Waals surface area contributed by atoms with Crippen LogP contribution in [-0.4, -0.2) is 45.3 Å². The van der Waals surface area contributed by atoms with Crippen LogP contribution in [0, 0.1) is 17.5 Å². The molecule has 0 fully saturated rings. The first-order valence-corrected chi connectivity index (χ1v) is 11.8. The first-order chi connectivity index (χ1) is 18.0. The van der Waals surface area contributed by atoms with Gasteiger partial charge in [-0.05, 0) is 42.7 Å². The van der Waals surface area contributed by atoms with Crippen LogP contribution >= 0.6 is 0 Å². The lowest BCUT2D eigenvalue weighted by molar-refractivity contribution is -0.148. The van der Waals surface area contributed by atoms with Crippen molar-refractivity contribution in [3.8, 4) is 5.75 Å². The number of benzene rings is 2. The molecule has 0 aliphatic carbocycles. The van der Waals surface area contributed by atoms with Crippen LogP contribution in [0.2, 0.25) is 0 Å². The van der Waals surface area contributed by atoms with Crippen molar-refractivity contribution >= 4 is 5.91 Å². The number of hydrogen-bond acceptors (Lipinski definition) is 5. The van der Waals surface area contributed by atoms with Gasteiger partial charge in [0.05, 0.1) is 13.7 Å². The van der Waals surface area contributed by atoms with E-state index in [1.807, 2.05) is 19.1 Å². The van der Waals surface area contributed by atoms with Gasteiger partial charge in [0, 0.05) is 37.7 Å². The number of methoxy groups -OCH3 is 1. The monoisotopic (exact) mass is 541 g/mol. The standard InChI is InChI=1S/C25H25F6N5O2/c1-14(15-3-5-18(38-2)6-4-15)32-17(9-16-10-20(27)21(28)12-19(16)26)11-23(37)35-7-8-36-22(13-35)33-34-24(36)25(29,30)31/h3-6,10,12,14,17,32H,7-9,11,13H2,1-2H3. The SMILES string of the molecule is COc1ccc(C(C)NC(CC(=O)N2CCn3c(nnc3C(F)(F)F)C2)Cc2cc(F)c(F)cc2F)cc1. The molecule has 7 nitrogen and oxygen atoms in total. The molecular weight excluding hydrogens is 516 g/mol. The lowest BCUT2D eigenvalue weighted by Crippen LogP contribution is -2.43. The van der Waals surface area contributed by atoms with Crippen molar-refractivity contribution in [2.24, 2.45) is 0 Å². The molecule has 1 N–H and O–H groups in total. The number of alkyl halides is 3. The molecule has 4 rings (SSSR count). The zero-order chi connectivity index (χ0) is 27.6. The van der Waals surface area contributed by atoms with Gasteiger partial charge in [0.25, 0.3) is 0 Å². The smallest absolute Gasteiger partial charge is 0.451 e. The van der Waals surface area contributed by atoms with Crippen LogP contribution in [0.25, 0.3) is 0 Å². The fourth-order valence-electron chi connectivity index (χ4n) is 4.44. The molecule has 1 aliphatic rings. The van der Waals surface area contributed by atoms with Crippen molar-refractivity contribution in [3.05, 3.63) is 76.6 Å². The van der Waals surface area contributed by atoms with Crippen LogP contribution in [0.4, 0.5) is 26.3 Å². The Balaban J connectivity index is 1.52. The third kappa shape index (κ3) is 6.09. The number of carbonyl (C=O) groups is 1. The second kappa shape index (κ2) is 11.0. The van der Waals surface area contributed by atoms with Gasteiger partial charge in [0.1, 0.15) is 11.6 Å². The molecule has 1 aliphatic heterocycles. The molecule has 2 heterocycles. The van der Waals surface area contributed by atoms with Crippen LogP contribution in [-0.2, 0) is 30.5 Å². The summed E-state index contributed by atoms with van der Waals surface area (Å²) in [4.78, 5) is 14.5. The molecular formula is C25H25F6N5O2. The molecule has 204 valence electrons. The summed E-state index contributed by atoms with van der Waals surface area (Å²) < 4.78 is 87.2. The lowest BCUT2D eigenvalue weighted by atomic mass is 9.99. The highest BCUT2D eigenvalue weighted by Crippen LogP contribution is 2.30. The average molecular weight is 541 g/mol. The number of ether oxygens (including phenoxy) is 1. The van der Waals surface area contributed by atoms with Gasteiger partial charge in [-0.15, -0.1) is 10.2 Å². The molecule has 0 radical (unpaired) electrons. The maximum absolute atomic E-state index is 14.4. The van der Waals surface area contributed by atoms with E-state index in [9.17, 15) is 31.1 Å². The predicted molar refractivity (Wildman–Crippen MR) is 123 cm³/mol. The van der Waals surface area contributed by atoms with E-state index >= 15 is 0 Å². The fourth-order valence-corrected chi connectivity index (χ4v) is 4.44. The average Bonchev–Trinajstić information content (AvgIpc) is 3.31. The second-order valence-electron chi connectivity index (χ2n) is 9.03. The number of rotatable bonds is 8. The number of carbonyl (C=O) groups excluding carboxylic acids is 1. The largest absolute Gasteiger partial charge is 0.497 e. The van der Waals surface area contributed by atoms with Gasteiger partial charge in [-0.3, -0.25) is 4.79 Å². The molecule has 0 saturated carbocycles. The molecule has 2 aromatic carbocycles. The first kappa shape index (κ1) is 27.4. The van der Waals surface area contributed by atoms with Crippen molar-refractivity contribution in [2.45, 2.75) is 51.1 Å². The van der Waals surface area contributed by atoms with Crippen molar-refractivity contribution < 1.29 is 35.9 Å². The van der Waals surface area contributed by atoms with E-state index in [0.717, 1.165) is 16.2 Å². The summed E-state index contributed by atoms with van der Waals surface area (Å²) in [7, 11) is 1.53. The molecule has 0 bridgehead atoms. The maximum Gasteiger partial charge on any atom is 0.451 e. The number of nitrogens with one attached hydrogen (secondary N) is 1. The van der Waals surface area contributed by atoms with Crippen molar-refractivity contribution in [1.82, 2.24) is 25.0 Å². The van der Waals surface area contributed by atoms with E-state index in [1.165, 1.54) is 12.0 Å². The van der Waals surface area contributed by atoms with Crippen LogP contribution in [0.1, 0.15) is 42.2 Å². The minimum absolute atomic E-state index is 0.000291. The van der Waals surface area contributed by atoms with Crippen LogP contribution in [0.3, 0.4) is 0 Å². The lowest BCUT2D eigenvalue weighted by Gasteiger charge is -2.30. The highest BCUT2D eigenvalue weighted by atomic mass is 19.4. The third-order valence-corrected chi connectivity index (χ3v) is 6.44. The Kier molecular flexibility index (Phi) is 7.95. The summed E-state index contributed by atoms with van der Waals surface area (Å²) in [6, 6.07) is 7.28. The molecule has 0 spiro atoms. The quantitative estimate of drug-likeness (QED) is 0.338. The van der Waals surface area contributed by atoms with Crippen molar-refractivity contribution in [1.29, 1.82) is 0 Å². The second-order valence-corrected chi connectivity index (χ2v) is 9.03. The Labute approximate surface area is 214 Å². The highest BCUT2D eigenvalue weighted by molar-refractivity contribution is 5.77. The van der Waals surface area contributed by atoms with Gasteiger partial charge in [-0.25, -0.2) is 13.2 Å². The number of amides is 1. The minimum Gasteiger partial charge on any atom is -0.497 e. The number of aromatic nitrogens is 3. The molecule has 2 unspecified atom stereocenters. The van der Waals surface area contributed by atoms with E-state index in [1.54, 1.807) is 12.1 Å². The van der Waals surface area contributed by atoms with Gasteiger partial charge < -0.3 is 19.5 Å². The molecule has 2 atom stereocenters.